The van der Waals surface area contributed by atoms with Gasteiger partial charge in [0.05, 0.1) is 17.1 Å². The normalized spacial score (nSPS) is 31.4. The van der Waals surface area contributed by atoms with Crippen LogP contribution in [0.15, 0.2) is 0 Å². The van der Waals surface area contributed by atoms with Gasteiger partial charge in [0.1, 0.15) is 0 Å². The topological polar surface area (TPSA) is 49.5 Å². The molecule has 3 nitrogen and oxygen atoms in total. The molecule has 1 aliphatic heterocycles. The fourth-order valence-electron chi connectivity index (χ4n) is 2.00. The van der Waals surface area contributed by atoms with E-state index in [1.807, 2.05) is 0 Å². The lowest BCUT2D eigenvalue weighted by atomic mass is 9.94. The van der Waals surface area contributed by atoms with E-state index in [4.69, 9.17) is 18.0 Å². The van der Waals surface area contributed by atoms with E-state index in [2.05, 4.69) is 18.7 Å². The van der Waals surface area contributed by atoms with Gasteiger partial charge in [-0.1, -0.05) is 26.1 Å². The summed E-state index contributed by atoms with van der Waals surface area (Å²) in [6.07, 6.45) is 1.73. The van der Waals surface area contributed by atoms with Gasteiger partial charge in [-0.2, -0.15) is 0 Å². The second kappa shape index (κ2) is 5.05. The molecule has 1 rings (SSSR count). The summed E-state index contributed by atoms with van der Waals surface area (Å²) in [5.41, 5.74) is 5.67. The molecule has 1 fully saturated rings. The van der Waals surface area contributed by atoms with Crippen molar-refractivity contribution in [1.82, 2.24) is 4.90 Å². The van der Waals surface area contributed by atoms with Crippen LogP contribution in [-0.4, -0.2) is 40.2 Å². The summed E-state index contributed by atoms with van der Waals surface area (Å²) >= 11 is 5.02. The van der Waals surface area contributed by atoms with Crippen molar-refractivity contribution in [3.63, 3.8) is 0 Å². The van der Waals surface area contributed by atoms with Crippen LogP contribution >= 0.6 is 12.2 Å². The third-order valence-corrected chi connectivity index (χ3v) is 3.38. The van der Waals surface area contributed by atoms with Crippen LogP contribution in [0, 0.1) is 5.92 Å². The smallest absolute Gasteiger partial charge is 0.0901 e. The van der Waals surface area contributed by atoms with Crippen LogP contribution in [0.5, 0.6) is 0 Å². The van der Waals surface area contributed by atoms with Crippen molar-refractivity contribution < 1.29 is 5.11 Å². The minimum Gasteiger partial charge on any atom is -0.392 e. The van der Waals surface area contributed by atoms with Gasteiger partial charge < -0.3 is 10.8 Å². The van der Waals surface area contributed by atoms with E-state index in [9.17, 15) is 5.11 Å². The molecule has 0 amide bonds. The summed E-state index contributed by atoms with van der Waals surface area (Å²) in [6, 6.07) is 0.159. The molecule has 3 unspecified atom stereocenters. The Labute approximate surface area is 91.3 Å². The lowest BCUT2D eigenvalue weighted by Crippen LogP contribution is -2.51. The van der Waals surface area contributed by atoms with E-state index < -0.39 is 0 Å². The summed E-state index contributed by atoms with van der Waals surface area (Å²) in [7, 11) is 0. The number of hydrogen-bond acceptors (Lipinski definition) is 3. The maximum Gasteiger partial charge on any atom is 0.0901 e. The first-order valence-electron chi connectivity index (χ1n) is 5.27. The lowest BCUT2D eigenvalue weighted by Gasteiger charge is -2.38. The predicted octanol–water partition coefficient (Wildman–Crippen LogP) is 0.754. The van der Waals surface area contributed by atoms with Crippen molar-refractivity contribution in [1.29, 1.82) is 0 Å². The fourth-order valence-corrected chi connectivity index (χ4v) is 2.31. The van der Waals surface area contributed by atoms with E-state index >= 15 is 0 Å². The maximum absolute atomic E-state index is 9.75. The van der Waals surface area contributed by atoms with Gasteiger partial charge in [0.2, 0.25) is 0 Å². The molecule has 0 aliphatic carbocycles. The Bertz CT molecular complexity index is 210. The highest BCUT2D eigenvalue weighted by Crippen LogP contribution is 2.19. The molecule has 1 aliphatic rings. The molecule has 3 atom stereocenters. The Balaban J connectivity index is 2.56. The first-order chi connectivity index (χ1) is 6.56. The van der Waals surface area contributed by atoms with Crippen LogP contribution in [-0.2, 0) is 0 Å². The van der Waals surface area contributed by atoms with E-state index in [1.165, 1.54) is 0 Å². The zero-order valence-electron chi connectivity index (χ0n) is 8.94. The monoisotopic (exact) mass is 216 g/mol. The summed E-state index contributed by atoms with van der Waals surface area (Å²) < 4.78 is 0. The molecule has 0 aromatic carbocycles. The first-order valence-corrected chi connectivity index (χ1v) is 5.68. The molecule has 0 bridgehead atoms. The van der Waals surface area contributed by atoms with Crippen LogP contribution in [0.2, 0.25) is 0 Å². The van der Waals surface area contributed by atoms with Gasteiger partial charge >= 0.3 is 0 Å². The number of rotatable bonds is 3. The summed E-state index contributed by atoms with van der Waals surface area (Å²) in [6.45, 7) is 5.86. The number of aliphatic hydroxyl groups excluding tert-OH is 1. The van der Waals surface area contributed by atoms with Crippen LogP contribution < -0.4 is 5.73 Å². The summed E-state index contributed by atoms with van der Waals surface area (Å²) in [4.78, 5) is 2.75. The Hall–Kier alpha value is -0.190. The summed E-state index contributed by atoms with van der Waals surface area (Å²) in [5.74, 6) is 0.398. The average molecular weight is 216 g/mol. The zero-order valence-corrected chi connectivity index (χ0v) is 9.76. The van der Waals surface area contributed by atoms with E-state index in [0.717, 1.165) is 19.4 Å². The average Bonchev–Trinajstić information content (AvgIpc) is 2.11. The number of nitrogens with two attached hydrogens (primary N) is 1. The number of nitrogens with zero attached hydrogens (tertiary/aromatic N) is 1. The predicted molar refractivity (Wildman–Crippen MR) is 62.2 cm³/mol. The van der Waals surface area contributed by atoms with Crippen molar-refractivity contribution in [2.24, 2.45) is 11.7 Å². The maximum atomic E-state index is 9.75. The third-order valence-electron chi connectivity index (χ3n) is 3.11. The Morgan fingerprint density at radius 2 is 2.36 bits per heavy atom. The number of likely N-dealkylation sites (tertiary alicyclic amines) is 1. The molecule has 4 heteroatoms. The molecule has 82 valence electrons. The highest BCUT2D eigenvalue weighted by molar-refractivity contribution is 7.80. The van der Waals surface area contributed by atoms with Gasteiger partial charge in [0.25, 0.3) is 0 Å². The minimum atomic E-state index is -0.229. The number of aliphatic hydroxyl groups is 1. The van der Waals surface area contributed by atoms with Crippen LogP contribution in [0.1, 0.15) is 26.7 Å². The van der Waals surface area contributed by atoms with Crippen LogP contribution in [0.25, 0.3) is 0 Å². The van der Waals surface area contributed by atoms with Crippen LogP contribution in [0.3, 0.4) is 0 Å². The first kappa shape index (κ1) is 11.9. The molecule has 3 N–H and O–H groups in total. The molecule has 0 spiro atoms. The Morgan fingerprint density at radius 3 is 2.79 bits per heavy atom. The van der Waals surface area contributed by atoms with Gasteiger partial charge in [-0.05, 0) is 25.3 Å². The lowest BCUT2D eigenvalue weighted by molar-refractivity contribution is 0.0209. The van der Waals surface area contributed by atoms with Gasteiger partial charge in [-0.25, -0.2) is 0 Å². The van der Waals surface area contributed by atoms with Crippen molar-refractivity contribution in [3.05, 3.63) is 0 Å². The fraction of sp³-hybridized carbons (Fsp3) is 0.900. The largest absolute Gasteiger partial charge is 0.392 e. The molecular weight excluding hydrogens is 196 g/mol. The van der Waals surface area contributed by atoms with Crippen LogP contribution in [0.4, 0.5) is 0 Å². The standard InChI is InChI=1S/C10H20N2OS/c1-3-8(10(11)14)12-5-4-7(2)9(13)6-12/h7-9,13H,3-6H2,1-2H3,(H2,11,14). The van der Waals surface area contributed by atoms with Crippen molar-refractivity contribution in [3.8, 4) is 0 Å². The van der Waals surface area contributed by atoms with E-state index in [1.54, 1.807) is 0 Å². The Kier molecular flexibility index (Phi) is 4.29. The second-order valence-corrected chi connectivity index (χ2v) is 4.63. The van der Waals surface area contributed by atoms with Crippen molar-refractivity contribution >= 4 is 17.2 Å². The quantitative estimate of drug-likeness (QED) is 0.684. The van der Waals surface area contributed by atoms with Gasteiger partial charge in [0, 0.05) is 6.54 Å². The Morgan fingerprint density at radius 1 is 1.71 bits per heavy atom. The third kappa shape index (κ3) is 2.65. The number of thiocarbonyl (C=S) groups is 1. The molecule has 1 heterocycles. The number of piperidine rings is 1. The second-order valence-electron chi connectivity index (χ2n) is 4.15. The molecule has 0 aromatic rings. The highest BCUT2D eigenvalue weighted by Gasteiger charge is 2.29. The zero-order chi connectivity index (χ0) is 10.7. The van der Waals surface area contributed by atoms with Gasteiger partial charge in [-0.15, -0.1) is 0 Å². The molecule has 1 saturated heterocycles. The minimum absolute atomic E-state index is 0.159. The highest BCUT2D eigenvalue weighted by atomic mass is 32.1. The molecule has 0 radical (unpaired) electrons. The van der Waals surface area contributed by atoms with Gasteiger partial charge in [0.15, 0.2) is 0 Å². The SMILES string of the molecule is CCC(C(N)=S)N1CCC(C)C(O)C1. The van der Waals surface area contributed by atoms with E-state index in [0.29, 0.717) is 17.5 Å². The molecule has 14 heavy (non-hydrogen) atoms. The number of hydrogen-bond donors (Lipinski definition) is 2. The summed E-state index contributed by atoms with van der Waals surface area (Å²) in [5, 5.41) is 9.75. The molecular formula is C10H20N2OS. The molecule has 0 saturated carbocycles. The number of β-amino-alcohol motifs (C(OH)–C–C–N with tert-alkyl or cyclic N) is 1. The van der Waals surface area contributed by atoms with Crippen molar-refractivity contribution in [2.45, 2.75) is 38.8 Å². The van der Waals surface area contributed by atoms with Gasteiger partial charge in [-0.3, -0.25) is 4.90 Å². The van der Waals surface area contributed by atoms with E-state index in [-0.39, 0.29) is 12.1 Å². The molecule has 0 aromatic heterocycles. The van der Waals surface area contributed by atoms with Crippen molar-refractivity contribution in [2.75, 3.05) is 13.1 Å².